The number of hydrogen-bond donors (Lipinski definition) is 3. The summed E-state index contributed by atoms with van der Waals surface area (Å²) < 4.78 is 5.41. The van der Waals surface area contributed by atoms with Gasteiger partial charge in [0.15, 0.2) is 5.43 Å². The monoisotopic (exact) mass is 365 g/mol. The predicted molar refractivity (Wildman–Crippen MR) is 100.0 cm³/mol. The molecule has 0 aliphatic heterocycles. The van der Waals surface area contributed by atoms with Crippen LogP contribution in [-0.4, -0.2) is 22.1 Å². The van der Waals surface area contributed by atoms with E-state index in [9.17, 15) is 19.5 Å². The van der Waals surface area contributed by atoms with Gasteiger partial charge < -0.3 is 19.9 Å². The van der Waals surface area contributed by atoms with Crippen molar-refractivity contribution in [1.29, 1.82) is 0 Å². The summed E-state index contributed by atoms with van der Waals surface area (Å²) in [5.74, 6) is -2.29. The van der Waals surface area contributed by atoms with E-state index in [1.807, 2.05) is 13.0 Å². The molecule has 3 aromatic rings. The standard InChI is InChI=1S/C20H15NO6/c1-11-2-6-17-15(8-11)19(24)12(10-27-17)3-7-18(23)21-13-4-5-16(22)14(9-13)20(25)26/h2-10,22H,1H3,(H,21,23)(H,25,26)/b7-3+. The summed E-state index contributed by atoms with van der Waals surface area (Å²) in [6, 6.07) is 8.91. The Bertz CT molecular complexity index is 1140. The van der Waals surface area contributed by atoms with Gasteiger partial charge in [-0.1, -0.05) is 11.6 Å². The van der Waals surface area contributed by atoms with Crippen LogP contribution in [0.3, 0.4) is 0 Å². The maximum atomic E-state index is 12.5. The fourth-order valence-corrected chi connectivity index (χ4v) is 2.51. The molecule has 27 heavy (non-hydrogen) atoms. The molecule has 1 aromatic heterocycles. The molecule has 0 saturated carbocycles. The molecule has 1 amide bonds. The van der Waals surface area contributed by atoms with Crippen molar-refractivity contribution in [2.45, 2.75) is 6.92 Å². The Labute approximate surface area is 153 Å². The van der Waals surface area contributed by atoms with Crippen LogP contribution >= 0.6 is 0 Å². The average molecular weight is 365 g/mol. The fourth-order valence-electron chi connectivity index (χ4n) is 2.51. The molecule has 0 unspecified atom stereocenters. The molecule has 3 rings (SSSR count). The average Bonchev–Trinajstić information content (AvgIpc) is 2.63. The third-order valence-electron chi connectivity index (χ3n) is 3.86. The number of hydrogen-bond acceptors (Lipinski definition) is 5. The maximum Gasteiger partial charge on any atom is 0.339 e. The quantitative estimate of drug-likeness (QED) is 0.483. The predicted octanol–water partition coefficient (Wildman–Crippen LogP) is 3.16. The molecular weight excluding hydrogens is 350 g/mol. The number of nitrogens with one attached hydrogen (secondary N) is 1. The van der Waals surface area contributed by atoms with Gasteiger partial charge in [-0.05, 0) is 43.3 Å². The highest BCUT2D eigenvalue weighted by Gasteiger charge is 2.11. The van der Waals surface area contributed by atoms with Crippen molar-refractivity contribution in [2.75, 3.05) is 5.32 Å². The van der Waals surface area contributed by atoms with E-state index in [1.165, 1.54) is 24.5 Å². The Morgan fingerprint density at radius 2 is 1.93 bits per heavy atom. The molecule has 1 heterocycles. The van der Waals surface area contributed by atoms with Gasteiger partial charge in [-0.15, -0.1) is 0 Å². The lowest BCUT2D eigenvalue weighted by atomic mass is 10.1. The maximum absolute atomic E-state index is 12.5. The van der Waals surface area contributed by atoms with E-state index in [4.69, 9.17) is 9.52 Å². The zero-order valence-electron chi connectivity index (χ0n) is 14.2. The minimum Gasteiger partial charge on any atom is -0.507 e. The summed E-state index contributed by atoms with van der Waals surface area (Å²) in [6.07, 6.45) is 3.73. The Morgan fingerprint density at radius 1 is 1.15 bits per heavy atom. The van der Waals surface area contributed by atoms with E-state index in [1.54, 1.807) is 12.1 Å². The second kappa shape index (κ2) is 7.17. The molecule has 7 heteroatoms. The van der Waals surface area contributed by atoms with Gasteiger partial charge >= 0.3 is 5.97 Å². The van der Waals surface area contributed by atoms with Gasteiger partial charge in [0.2, 0.25) is 5.91 Å². The molecule has 0 atom stereocenters. The van der Waals surface area contributed by atoms with E-state index < -0.39 is 17.6 Å². The van der Waals surface area contributed by atoms with E-state index in [2.05, 4.69) is 5.32 Å². The molecular formula is C20H15NO6. The smallest absolute Gasteiger partial charge is 0.339 e. The van der Waals surface area contributed by atoms with Crippen molar-refractivity contribution in [3.63, 3.8) is 0 Å². The molecule has 0 spiro atoms. The first-order chi connectivity index (χ1) is 12.8. The van der Waals surface area contributed by atoms with Crippen LogP contribution in [0.1, 0.15) is 21.5 Å². The van der Waals surface area contributed by atoms with E-state index in [0.29, 0.717) is 11.0 Å². The first kappa shape index (κ1) is 17.9. The lowest BCUT2D eigenvalue weighted by Gasteiger charge is -2.05. The lowest BCUT2D eigenvalue weighted by Crippen LogP contribution is -2.10. The van der Waals surface area contributed by atoms with Crippen molar-refractivity contribution in [2.24, 2.45) is 0 Å². The van der Waals surface area contributed by atoms with Crippen molar-refractivity contribution >= 4 is 34.6 Å². The number of benzene rings is 2. The van der Waals surface area contributed by atoms with Crippen LogP contribution in [-0.2, 0) is 4.79 Å². The highest BCUT2D eigenvalue weighted by atomic mass is 16.4. The Balaban J connectivity index is 1.82. The molecule has 2 aromatic carbocycles. The Kier molecular flexibility index (Phi) is 4.76. The summed E-state index contributed by atoms with van der Waals surface area (Å²) in [5, 5.41) is 21.3. The highest BCUT2D eigenvalue weighted by Crippen LogP contribution is 2.21. The van der Waals surface area contributed by atoms with Gasteiger partial charge in [0.05, 0.1) is 10.9 Å². The van der Waals surface area contributed by atoms with E-state index in [0.717, 1.165) is 17.7 Å². The zero-order valence-corrected chi connectivity index (χ0v) is 14.2. The lowest BCUT2D eigenvalue weighted by molar-refractivity contribution is -0.111. The van der Waals surface area contributed by atoms with Gasteiger partial charge in [-0.25, -0.2) is 4.79 Å². The first-order valence-corrected chi connectivity index (χ1v) is 7.92. The van der Waals surface area contributed by atoms with Crippen molar-refractivity contribution in [3.8, 4) is 5.75 Å². The van der Waals surface area contributed by atoms with Gasteiger partial charge in [0.1, 0.15) is 23.2 Å². The van der Waals surface area contributed by atoms with E-state index in [-0.39, 0.29) is 22.2 Å². The summed E-state index contributed by atoms with van der Waals surface area (Å²) >= 11 is 0. The van der Waals surface area contributed by atoms with Gasteiger partial charge in [0.25, 0.3) is 0 Å². The third kappa shape index (κ3) is 3.87. The van der Waals surface area contributed by atoms with Crippen LogP contribution < -0.4 is 10.7 Å². The minimum absolute atomic E-state index is 0.195. The third-order valence-corrected chi connectivity index (χ3v) is 3.86. The molecule has 7 nitrogen and oxygen atoms in total. The summed E-state index contributed by atoms with van der Waals surface area (Å²) in [6.45, 7) is 1.86. The number of carboxylic acids is 1. The van der Waals surface area contributed by atoms with Crippen LogP contribution in [0.2, 0.25) is 0 Å². The van der Waals surface area contributed by atoms with Crippen LogP contribution in [0.25, 0.3) is 17.0 Å². The number of aromatic hydroxyl groups is 1. The number of rotatable bonds is 4. The Morgan fingerprint density at radius 3 is 2.67 bits per heavy atom. The number of anilines is 1. The number of fused-ring (bicyclic) bond motifs is 1. The van der Waals surface area contributed by atoms with Crippen LogP contribution in [0.4, 0.5) is 5.69 Å². The summed E-state index contributed by atoms with van der Waals surface area (Å²) in [4.78, 5) is 35.5. The molecule has 0 saturated heterocycles. The van der Waals surface area contributed by atoms with Crippen LogP contribution in [0.5, 0.6) is 5.75 Å². The number of carbonyl (C=O) groups excluding carboxylic acids is 1. The molecule has 136 valence electrons. The summed E-state index contributed by atoms with van der Waals surface area (Å²) in [7, 11) is 0. The van der Waals surface area contributed by atoms with Crippen LogP contribution in [0, 0.1) is 6.92 Å². The number of phenols is 1. The van der Waals surface area contributed by atoms with Crippen molar-refractivity contribution < 1.29 is 24.2 Å². The number of carboxylic acid groups (broad SMARTS) is 1. The number of aromatic carboxylic acids is 1. The van der Waals surface area contributed by atoms with E-state index >= 15 is 0 Å². The topological polar surface area (TPSA) is 117 Å². The number of amides is 1. The molecule has 0 fully saturated rings. The highest BCUT2D eigenvalue weighted by molar-refractivity contribution is 6.03. The second-order valence-corrected chi connectivity index (χ2v) is 5.88. The van der Waals surface area contributed by atoms with Crippen molar-refractivity contribution in [1.82, 2.24) is 0 Å². The van der Waals surface area contributed by atoms with Crippen molar-refractivity contribution in [3.05, 3.63) is 75.7 Å². The minimum atomic E-state index is -1.32. The number of aryl methyl sites for hydroxylation is 1. The zero-order chi connectivity index (χ0) is 19.6. The largest absolute Gasteiger partial charge is 0.507 e. The molecule has 0 bridgehead atoms. The van der Waals surface area contributed by atoms with Gasteiger partial charge in [-0.3, -0.25) is 9.59 Å². The van der Waals surface area contributed by atoms with Crippen LogP contribution in [0.15, 0.2) is 57.9 Å². The second-order valence-electron chi connectivity index (χ2n) is 5.88. The SMILES string of the molecule is Cc1ccc2occ(/C=C/C(=O)Nc3ccc(O)c(C(=O)O)c3)c(=O)c2c1. The van der Waals surface area contributed by atoms with Gasteiger partial charge in [0, 0.05) is 11.8 Å². The van der Waals surface area contributed by atoms with Gasteiger partial charge in [-0.2, -0.15) is 0 Å². The first-order valence-electron chi connectivity index (χ1n) is 7.92. The molecule has 0 aliphatic carbocycles. The summed E-state index contributed by atoms with van der Waals surface area (Å²) in [5.41, 5.74) is 1.18. The normalized spacial score (nSPS) is 11.0. The molecule has 0 radical (unpaired) electrons. The molecule has 3 N–H and O–H groups in total. The molecule has 0 aliphatic rings. The fraction of sp³-hybridized carbons (Fsp3) is 0.0500. The number of carbonyl (C=O) groups is 2. The Hall–Kier alpha value is -3.87.